The Morgan fingerprint density at radius 2 is 2.29 bits per heavy atom. The first-order valence-electron chi connectivity index (χ1n) is 7.17. The highest BCUT2D eigenvalue weighted by Crippen LogP contribution is 2.28. The highest BCUT2D eigenvalue weighted by Gasteiger charge is 2.16. The quantitative estimate of drug-likeness (QED) is 0.731. The summed E-state index contributed by atoms with van der Waals surface area (Å²) >= 11 is 0. The number of nitrogens with one attached hydrogen (secondary N) is 3. The summed E-state index contributed by atoms with van der Waals surface area (Å²) in [4.78, 5) is 23.0. The van der Waals surface area contributed by atoms with Gasteiger partial charge in [0.05, 0.1) is 11.7 Å². The Balaban J connectivity index is 1.90. The van der Waals surface area contributed by atoms with Gasteiger partial charge in [-0.3, -0.25) is 9.59 Å². The summed E-state index contributed by atoms with van der Waals surface area (Å²) in [6, 6.07) is 5.34. The van der Waals surface area contributed by atoms with E-state index in [1.165, 1.54) is 0 Å². The molecule has 3 N–H and O–H groups in total. The first-order valence-corrected chi connectivity index (χ1v) is 7.17. The number of hydrogen-bond donors (Lipinski definition) is 3. The molecular weight excluding hydrogens is 270 g/mol. The predicted molar refractivity (Wildman–Crippen MR) is 80.2 cm³/mol. The van der Waals surface area contributed by atoms with Gasteiger partial charge in [0.1, 0.15) is 5.75 Å². The van der Waals surface area contributed by atoms with E-state index < -0.39 is 0 Å². The fraction of sp³-hybridized carbons (Fsp3) is 0.467. The molecule has 6 heteroatoms. The summed E-state index contributed by atoms with van der Waals surface area (Å²) in [6.07, 6.45) is 0.920. The third kappa shape index (κ3) is 4.19. The Morgan fingerprint density at radius 3 is 3.05 bits per heavy atom. The lowest BCUT2D eigenvalue weighted by Crippen LogP contribution is -2.42. The fourth-order valence-corrected chi connectivity index (χ4v) is 2.01. The Hall–Kier alpha value is -2.08. The van der Waals surface area contributed by atoms with Gasteiger partial charge >= 0.3 is 0 Å². The average Bonchev–Trinajstić information content (AvgIpc) is 2.49. The van der Waals surface area contributed by atoms with Crippen molar-refractivity contribution in [3.63, 3.8) is 0 Å². The minimum absolute atomic E-state index is 0.00792. The molecule has 0 saturated heterocycles. The molecule has 114 valence electrons. The lowest BCUT2D eigenvalue weighted by molar-refractivity contribution is -0.122. The molecule has 1 aliphatic heterocycles. The number of carbonyl (C=O) groups is 2. The van der Waals surface area contributed by atoms with Gasteiger partial charge in [-0.2, -0.15) is 0 Å². The molecule has 1 heterocycles. The molecule has 1 atom stereocenters. The number of hydrogen-bond acceptors (Lipinski definition) is 4. The van der Waals surface area contributed by atoms with E-state index in [2.05, 4.69) is 16.0 Å². The Kier molecular flexibility index (Phi) is 5.16. The van der Waals surface area contributed by atoms with Crippen LogP contribution in [0, 0.1) is 0 Å². The van der Waals surface area contributed by atoms with Crippen LogP contribution in [0.15, 0.2) is 18.2 Å². The Bertz CT molecular complexity index is 531. The minimum Gasteiger partial charge on any atom is -0.482 e. The van der Waals surface area contributed by atoms with Crippen molar-refractivity contribution in [3.8, 4) is 5.75 Å². The SMILES string of the molecule is CCCNC(=O)C(C)NCc1ccc2c(c1)NC(=O)CO2. The van der Waals surface area contributed by atoms with Crippen molar-refractivity contribution in [3.05, 3.63) is 23.8 Å². The van der Waals surface area contributed by atoms with E-state index in [0.717, 1.165) is 12.0 Å². The fourth-order valence-electron chi connectivity index (χ4n) is 2.01. The van der Waals surface area contributed by atoms with Crippen molar-refractivity contribution in [1.82, 2.24) is 10.6 Å². The zero-order valence-electron chi connectivity index (χ0n) is 12.4. The molecule has 0 saturated carbocycles. The number of fused-ring (bicyclic) bond motifs is 1. The number of rotatable bonds is 6. The van der Waals surface area contributed by atoms with Gasteiger partial charge in [0.25, 0.3) is 5.91 Å². The molecule has 0 bridgehead atoms. The van der Waals surface area contributed by atoms with Gasteiger partial charge in [-0.15, -0.1) is 0 Å². The second-order valence-corrected chi connectivity index (χ2v) is 5.06. The van der Waals surface area contributed by atoms with Crippen LogP contribution in [0.1, 0.15) is 25.8 Å². The van der Waals surface area contributed by atoms with Gasteiger partial charge in [-0.1, -0.05) is 13.0 Å². The molecule has 1 aromatic rings. The van der Waals surface area contributed by atoms with Gasteiger partial charge in [-0.25, -0.2) is 0 Å². The van der Waals surface area contributed by atoms with Crippen molar-refractivity contribution in [2.75, 3.05) is 18.5 Å². The van der Waals surface area contributed by atoms with Crippen molar-refractivity contribution >= 4 is 17.5 Å². The van der Waals surface area contributed by atoms with Crippen molar-refractivity contribution in [2.45, 2.75) is 32.9 Å². The molecule has 0 fully saturated rings. The number of amides is 2. The zero-order chi connectivity index (χ0) is 15.2. The lowest BCUT2D eigenvalue weighted by atomic mass is 10.1. The van der Waals surface area contributed by atoms with Crippen LogP contribution in [-0.4, -0.2) is 31.0 Å². The van der Waals surface area contributed by atoms with Crippen LogP contribution in [0.3, 0.4) is 0 Å². The maximum absolute atomic E-state index is 11.7. The number of benzene rings is 1. The van der Waals surface area contributed by atoms with E-state index in [-0.39, 0.29) is 24.5 Å². The molecule has 1 unspecified atom stereocenters. The Morgan fingerprint density at radius 1 is 1.48 bits per heavy atom. The molecule has 6 nitrogen and oxygen atoms in total. The first-order chi connectivity index (χ1) is 10.1. The summed E-state index contributed by atoms with van der Waals surface area (Å²) < 4.78 is 5.30. The molecule has 2 rings (SSSR count). The average molecular weight is 291 g/mol. The van der Waals surface area contributed by atoms with Gasteiger partial charge in [0.15, 0.2) is 6.61 Å². The molecule has 0 aliphatic carbocycles. The van der Waals surface area contributed by atoms with Gasteiger partial charge < -0.3 is 20.7 Å². The summed E-state index contributed by atoms with van der Waals surface area (Å²) in [7, 11) is 0. The zero-order valence-corrected chi connectivity index (χ0v) is 12.4. The van der Waals surface area contributed by atoms with Crippen LogP contribution in [0.2, 0.25) is 0 Å². The lowest BCUT2D eigenvalue weighted by Gasteiger charge is -2.19. The van der Waals surface area contributed by atoms with Crippen LogP contribution in [-0.2, 0) is 16.1 Å². The molecule has 0 radical (unpaired) electrons. The number of ether oxygens (including phenoxy) is 1. The first kappa shape index (κ1) is 15.3. The van der Waals surface area contributed by atoms with Crippen molar-refractivity contribution in [2.24, 2.45) is 0 Å². The van der Waals surface area contributed by atoms with Crippen LogP contribution in [0.25, 0.3) is 0 Å². The standard InChI is InChI=1S/C15H21N3O3/c1-3-6-16-15(20)10(2)17-8-11-4-5-13-12(7-11)18-14(19)9-21-13/h4-5,7,10,17H,3,6,8-9H2,1-2H3,(H,16,20)(H,18,19). The van der Waals surface area contributed by atoms with Crippen LogP contribution >= 0.6 is 0 Å². The largest absolute Gasteiger partial charge is 0.482 e. The third-order valence-corrected chi connectivity index (χ3v) is 3.23. The molecule has 1 aliphatic rings. The molecule has 1 aromatic carbocycles. The summed E-state index contributed by atoms with van der Waals surface area (Å²) in [5, 5.41) is 8.77. The van der Waals surface area contributed by atoms with Gasteiger partial charge in [0, 0.05) is 13.1 Å². The van der Waals surface area contributed by atoms with Gasteiger partial charge in [0.2, 0.25) is 5.91 Å². The van der Waals surface area contributed by atoms with E-state index >= 15 is 0 Å². The van der Waals surface area contributed by atoms with Crippen molar-refractivity contribution < 1.29 is 14.3 Å². The maximum Gasteiger partial charge on any atom is 0.262 e. The van der Waals surface area contributed by atoms with Crippen LogP contribution in [0.4, 0.5) is 5.69 Å². The molecule has 2 amide bonds. The Labute approximate surface area is 124 Å². The number of anilines is 1. The molecule has 0 spiro atoms. The summed E-state index contributed by atoms with van der Waals surface area (Å²) in [5.74, 6) is 0.512. The highest BCUT2D eigenvalue weighted by atomic mass is 16.5. The molecule has 21 heavy (non-hydrogen) atoms. The van der Waals surface area contributed by atoms with Crippen LogP contribution in [0.5, 0.6) is 5.75 Å². The van der Waals surface area contributed by atoms with Gasteiger partial charge in [-0.05, 0) is 31.0 Å². The summed E-state index contributed by atoms with van der Waals surface area (Å²) in [5.41, 5.74) is 1.66. The van der Waals surface area contributed by atoms with Crippen LogP contribution < -0.4 is 20.7 Å². The normalized spacial score (nSPS) is 14.7. The monoisotopic (exact) mass is 291 g/mol. The predicted octanol–water partition coefficient (Wildman–Crippen LogP) is 1.02. The smallest absolute Gasteiger partial charge is 0.262 e. The van der Waals surface area contributed by atoms with Crippen molar-refractivity contribution in [1.29, 1.82) is 0 Å². The third-order valence-electron chi connectivity index (χ3n) is 3.23. The van der Waals surface area contributed by atoms with E-state index in [0.29, 0.717) is 24.5 Å². The van der Waals surface area contributed by atoms with E-state index in [4.69, 9.17) is 4.74 Å². The molecular formula is C15H21N3O3. The highest BCUT2D eigenvalue weighted by molar-refractivity contribution is 5.95. The second-order valence-electron chi connectivity index (χ2n) is 5.06. The van der Waals surface area contributed by atoms with E-state index in [9.17, 15) is 9.59 Å². The van der Waals surface area contributed by atoms with E-state index in [1.54, 1.807) is 0 Å². The van der Waals surface area contributed by atoms with E-state index in [1.807, 2.05) is 32.0 Å². The topological polar surface area (TPSA) is 79.5 Å². The number of carbonyl (C=O) groups excluding carboxylic acids is 2. The minimum atomic E-state index is -0.265. The molecule has 0 aromatic heterocycles. The summed E-state index contributed by atoms with van der Waals surface area (Å²) in [6.45, 7) is 5.13. The second kappa shape index (κ2) is 7.08. The maximum atomic E-state index is 11.7.